The van der Waals surface area contributed by atoms with E-state index in [1.54, 1.807) is 30.5 Å². The highest BCUT2D eigenvalue weighted by Gasteiger charge is 2.40. The van der Waals surface area contributed by atoms with E-state index in [1.807, 2.05) is 47.0 Å². The van der Waals surface area contributed by atoms with Gasteiger partial charge in [-0.15, -0.1) is 0 Å². The molecule has 0 fully saturated rings. The van der Waals surface area contributed by atoms with Crippen LogP contribution in [0.25, 0.3) is 10.9 Å². The number of nitrogens with two attached hydrogens (primary N) is 1. The monoisotopic (exact) mass is 479 g/mol. The number of carbonyl (C=O) groups is 1. The van der Waals surface area contributed by atoms with Crippen LogP contribution in [0.5, 0.6) is 0 Å². The maximum Gasteiger partial charge on any atom is 0.356 e. The molecule has 0 amide bonds. The second kappa shape index (κ2) is 9.40. The largest absolute Gasteiger partial charge is 0.478 e. The van der Waals surface area contributed by atoms with Crippen LogP contribution in [0, 0.1) is 0 Å². The molecule has 1 aromatic heterocycles. The normalized spacial score (nSPS) is 13.6. The third-order valence-corrected chi connectivity index (χ3v) is 6.66. The van der Waals surface area contributed by atoms with E-state index in [9.17, 15) is 23.4 Å². The van der Waals surface area contributed by atoms with E-state index in [2.05, 4.69) is 5.32 Å². The van der Waals surface area contributed by atoms with Crippen molar-refractivity contribution in [3.8, 4) is 0 Å². The highest BCUT2D eigenvalue weighted by molar-refractivity contribution is 7.89. The Balaban J connectivity index is 1.60. The number of hydrogen-bond donors (Lipinski definition) is 4. The minimum absolute atomic E-state index is 0.00234. The van der Waals surface area contributed by atoms with Crippen molar-refractivity contribution < 1.29 is 23.4 Å². The number of aromatic nitrogens is 1. The molecule has 1 atom stereocenters. The first-order valence-corrected chi connectivity index (χ1v) is 12.2. The number of sulfonamides is 1. The lowest BCUT2D eigenvalue weighted by molar-refractivity contribution is -0.163. The summed E-state index contributed by atoms with van der Waals surface area (Å²) in [5.41, 5.74) is 0.545. The number of carboxylic acids is 1. The van der Waals surface area contributed by atoms with Crippen molar-refractivity contribution in [1.82, 2.24) is 9.88 Å². The lowest BCUT2D eigenvalue weighted by Crippen LogP contribution is -2.49. The predicted octanol–water partition coefficient (Wildman–Crippen LogP) is 2.40. The van der Waals surface area contributed by atoms with Crippen LogP contribution < -0.4 is 10.5 Å². The van der Waals surface area contributed by atoms with Crippen molar-refractivity contribution in [2.45, 2.75) is 23.6 Å². The number of nitrogens with zero attached hydrogens (tertiary/aromatic N) is 1. The van der Waals surface area contributed by atoms with Crippen molar-refractivity contribution in [2.75, 3.05) is 6.54 Å². The number of primary sulfonamides is 1. The summed E-state index contributed by atoms with van der Waals surface area (Å²) in [4.78, 5) is 12.2. The molecule has 176 valence electrons. The molecule has 0 aliphatic rings. The summed E-state index contributed by atoms with van der Waals surface area (Å²) in [6, 6.07) is 23.1. The lowest BCUT2D eigenvalue weighted by atomic mass is 10.0. The quantitative estimate of drug-likeness (QED) is 0.272. The number of para-hydroxylation sites is 1. The van der Waals surface area contributed by atoms with Crippen LogP contribution in [0.15, 0.2) is 90.0 Å². The van der Waals surface area contributed by atoms with Crippen LogP contribution in [0.1, 0.15) is 16.7 Å². The van der Waals surface area contributed by atoms with Crippen LogP contribution in [-0.4, -0.2) is 35.7 Å². The Bertz CT molecular complexity index is 1420. The Kier molecular flexibility index (Phi) is 6.54. The van der Waals surface area contributed by atoms with Gasteiger partial charge in [-0.2, -0.15) is 0 Å². The molecule has 4 rings (SSSR count). The van der Waals surface area contributed by atoms with Crippen LogP contribution >= 0.6 is 0 Å². The molecule has 0 bridgehead atoms. The average Bonchev–Trinajstić information content (AvgIpc) is 3.18. The van der Waals surface area contributed by atoms with Crippen LogP contribution in [0.3, 0.4) is 0 Å². The van der Waals surface area contributed by atoms with E-state index in [0.717, 1.165) is 16.6 Å². The van der Waals surface area contributed by atoms with Gasteiger partial charge in [0, 0.05) is 35.8 Å². The van der Waals surface area contributed by atoms with Crippen molar-refractivity contribution in [2.24, 2.45) is 5.14 Å². The third-order valence-electron chi connectivity index (χ3n) is 5.73. The molecule has 5 N–H and O–H groups in total. The van der Waals surface area contributed by atoms with E-state index in [1.165, 1.54) is 12.1 Å². The van der Waals surface area contributed by atoms with Crippen molar-refractivity contribution >= 4 is 26.9 Å². The number of carboxylic acid groups (broad SMARTS) is 1. The van der Waals surface area contributed by atoms with Gasteiger partial charge >= 0.3 is 5.97 Å². The zero-order valence-corrected chi connectivity index (χ0v) is 19.1. The topological polar surface area (TPSA) is 135 Å². The maximum absolute atomic E-state index is 12.2. The summed E-state index contributed by atoms with van der Waals surface area (Å²) < 4.78 is 24.7. The summed E-state index contributed by atoms with van der Waals surface area (Å²) in [5, 5.41) is 29.7. The predicted molar refractivity (Wildman–Crippen MR) is 129 cm³/mol. The summed E-state index contributed by atoms with van der Waals surface area (Å²) in [6.45, 7) is 0.656. The molecule has 0 saturated heterocycles. The molecule has 34 heavy (non-hydrogen) atoms. The van der Waals surface area contributed by atoms with Gasteiger partial charge < -0.3 is 14.8 Å². The third kappa shape index (κ3) is 4.87. The van der Waals surface area contributed by atoms with Gasteiger partial charge in [0.15, 0.2) is 0 Å². The number of nitrogens with one attached hydrogen (secondary N) is 1. The van der Waals surface area contributed by atoms with Gasteiger partial charge in [-0.1, -0.05) is 60.7 Å². The van der Waals surface area contributed by atoms with Gasteiger partial charge in [-0.25, -0.2) is 18.4 Å². The molecule has 9 heteroatoms. The fraction of sp³-hybridized carbons (Fsp3) is 0.160. The van der Waals surface area contributed by atoms with Gasteiger partial charge in [-0.3, -0.25) is 5.32 Å². The number of hydrogen-bond acceptors (Lipinski definition) is 5. The molecule has 0 saturated carbocycles. The number of aliphatic hydroxyl groups is 1. The number of aliphatic carboxylic acids is 1. The molecule has 0 aliphatic carbocycles. The zero-order chi connectivity index (χ0) is 24.3. The second-order valence-corrected chi connectivity index (χ2v) is 9.62. The molecule has 0 spiro atoms. The van der Waals surface area contributed by atoms with Crippen LogP contribution in [0.4, 0.5) is 0 Å². The van der Waals surface area contributed by atoms with Gasteiger partial charge in [0.1, 0.15) is 0 Å². The smallest absolute Gasteiger partial charge is 0.356 e. The Morgan fingerprint density at radius 2 is 1.59 bits per heavy atom. The zero-order valence-electron chi connectivity index (χ0n) is 18.3. The van der Waals surface area contributed by atoms with Crippen molar-refractivity contribution in [3.05, 3.63) is 102 Å². The van der Waals surface area contributed by atoms with Gasteiger partial charge in [0.2, 0.25) is 15.7 Å². The molecule has 0 radical (unpaired) electrons. The average molecular weight is 480 g/mol. The Morgan fingerprint density at radius 3 is 2.24 bits per heavy atom. The lowest BCUT2D eigenvalue weighted by Gasteiger charge is -2.24. The summed E-state index contributed by atoms with van der Waals surface area (Å²) >= 11 is 0. The minimum atomic E-state index is -3.79. The molecule has 4 aromatic rings. The highest BCUT2D eigenvalue weighted by Crippen LogP contribution is 2.30. The Labute approximate surface area is 197 Å². The SMILES string of the molecule is NS(=O)(=O)c1ccc(CCNC(O)(C(=O)O)c2cn(Cc3ccccc3)c3ccccc23)cc1. The standard InChI is InChI=1S/C25H25N3O5S/c26-34(32,33)20-12-10-18(11-13-20)14-15-27-25(31,24(29)30)22-17-28(16-19-6-2-1-3-7-19)23-9-5-4-8-21(22)23/h1-13,17,27,31H,14-16H2,(H,29,30)(H2,26,32,33). The molecule has 0 aliphatic heterocycles. The maximum atomic E-state index is 12.2. The molecular formula is C25H25N3O5S. The Hall–Kier alpha value is -3.50. The molecular weight excluding hydrogens is 454 g/mol. The van der Waals surface area contributed by atoms with Crippen molar-refractivity contribution in [1.29, 1.82) is 0 Å². The summed E-state index contributed by atoms with van der Waals surface area (Å²) in [6.07, 6.45) is 2.03. The number of fused-ring (bicyclic) bond motifs is 1. The molecule has 1 heterocycles. The van der Waals surface area contributed by atoms with Gasteiger partial charge in [0.05, 0.1) is 4.90 Å². The molecule has 1 unspecified atom stereocenters. The van der Waals surface area contributed by atoms with E-state index < -0.39 is 21.7 Å². The van der Waals surface area contributed by atoms with Crippen LogP contribution in [0.2, 0.25) is 0 Å². The van der Waals surface area contributed by atoms with E-state index in [0.29, 0.717) is 18.4 Å². The van der Waals surface area contributed by atoms with E-state index >= 15 is 0 Å². The first-order valence-electron chi connectivity index (χ1n) is 10.6. The summed E-state index contributed by atoms with van der Waals surface area (Å²) in [7, 11) is -3.79. The number of benzene rings is 3. The van der Waals surface area contributed by atoms with Crippen molar-refractivity contribution in [3.63, 3.8) is 0 Å². The highest BCUT2D eigenvalue weighted by atomic mass is 32.2. The Morgan fingerprint density at radius 1 is 0.941 bits per heavy atom. The second-order valence-electron chi connectivity index (χ2n) is 8.05. The van der Waals surface area contributed by atoms with Gasteiger partial charge in [0.25, 0.3) is 0 Å². The fourth-order valence-electron chi connectivity index (χ4n) is 3.97. The van der Waals surface area contributed by atoms with Gasteiger partial charge in [-0.05, 0) is 35.7 Å². The fourth-order valence-corrected chi connectivity index (χ4v) is 4.48. The minimum Gasteiger partial charge on any atom is -0.478 e. The first kappa shape index (κ1) is 23.7. The van der Waals surface area contributed by atoms with Crippen LogP contribution in [-0.2, 0) is 33.5 Å². The van der Waals surface area contributed by atoms with E-state index in [4.69, 9.17) is 5.14 Å². The number of rotatable bonds is 9. The van der Waals surface area contributed by atoms with E-state index in [-0.39, 0.29) is 17.0 Å². The molecule has 3 aromatic carbocycles. The molecule has 8 nitrogen and oxygen atoms in total. The first-order chi connectivity index (χ1) is 16.2. The summed E-state index contributed by atoms with van der Waals surface area (Å²) in [5.74, 6) is -1.42.